The lowest BCUT2D eigenvalue weighted by Gasteiger charge is -2.38. The molecule has 2 aromatic heterocycles. The number of amides is 4. The Hall–Kier alpha value is -7.27. The van der Waals surface area contributed by atoms with Gasteiger partial charge in [-0.2, -0.15) is 0 Å². The minimum atomic E-state index is -1.65. The van der Waals surface area contributed by atoms with Crippen LogP contribution in [0.1, 0.15) is 112 Å². The van der Waals surface area contributed by atoms with Gasteiger partial charge >= 0.3 is 12.2 Å². The zero-order valence-electron chi connectivity index (χ0n) is 45.4. The van der Waals surface area contributed by atoms with E-state index < -0.39 is 102 Å². The van der Waals surface area contributed by atoms with Gasteiger partial charge in [0.15, 0.2) is 11.6 Å². The first-order valence-corrected chi connectivity index (χ1v) is 27.3. The van der Waals surface area contributed by atoms with E-state index in [0.29, 0.717) is 98.1 Å². The number of halogens is 5. The molecule has 4 amide bonds. The van der Waals surface area contributed by atoms with E-state index in [0.717, 1.165) is 5.56 Å². The average Bonchev–Trinajstić information content (AvgIpc) is 4.48. The molecule has 6 heterocycles. The number of benzene rings is 3. The van der Waals surface area contributed by atoms with Gasteiger partial charge in [-0.3, -0.25) is 9.59 Å². The molecular formula is C57H67F5N10O8. The van der Waals surface area contributed by atoms with Crippen molar-refractivity contribution in [3.05, 3.63) is 105 Å². The smallest absolute Gasteiger partial charge is 0.407 e. The summed E-state index contributed by atoms with van der Waals surface area (Å²) in [6.07, 6.45) is 2.39. The number of hydrogen-bond donors (Lipinski definition) is 4. The molecule has 4 fully saturated rings. The number of imidazole rings is 2. The number of likely N-dealkylation sites (tertiary alicyclic amines) is 2. The lowest BCUT2D eigenvalue weighted by atomic mass is 9.89. The second-order valence-electron chi connectivity index (χ2n) is 21.4. The first-order chi connectivity index (χ1) is 38.5. The number of hydrogen-bond acceptors (Lipinski definition) is 12. The molecule has 428 valence electrons. The normalized spacial score (nSPS) is 23.7. The van der Waals surface area contributed by atoms with Crippen LogP contribution in [0.5, 0.6) is 0 Å². The van der Waals surface area contributed by atoms with E-state index in [-0.39, 0.29) is 41.5 Å². The van der Waals surface area contributed by atoms with Crippen LogP contribution in [0.25, 0.3) is 23.2 Å². The second-order valence-corrected chi connectivity index (χ2v) is 21.4. The molecule has 10 atom stereocenters. The third-order valence-corrected chi connectivity index (χ3v) is 17.0. The number of H-pyrrole nitrogens is 2. The lowest BCUT2D eigenvalue weighted by molar-refractivity contribution is -0.138. The number of carbonyl (C=O) groups is 4. The Morgan fingerprint density at radius 3 is 1.80 bits per heavy atom. The molecule has 4 aliphatic heterocycles. The number of fused-ring (bicyclic) bond motifs is 2. The number of nitrogens with one attached hydrogen (secondary N) is 4. The van der Waals surface area contributed by atoms with E-state index in [1.54, 1.807) is 57.7 Å². The van der Waals surface area contributed by atoms with Gasteiger partial charge < -0.3 is 59.1 Å². The topological polar surface area (TPSA) is 200 Å². The summed E-state index contributed by atoms with van der Waals surface area (Å²) < 4.78 is 102. The fourth-order valence-corrected chi connectivity index (χ4v) is 12.6. The van der Waals surface area contributed by atoms with Crippen LogP contribution in [-0.2, 0) is 28.5 Å². The van der Waals surface area contributed by atoms with E-state index in [2.05, 4.69) is 20.6 Å². The van der Waals surface area contributed by atoms with Crippen LogP contribution in [-0.4, -0.2) is 145 Å². The van der Waals surface area contributed by atoms with Gasteiger partial charge in [0.1, 0.15) is 47.2 Å². The predicted molar refractivity (Wildman–Crippen MR) is 285 cm³/mol. The number of aromatic amines is 2. The average molecular weight is 1120 g/mol. The monoisotopic (exact) mass is 1110 g/mol. The van der Waals surface area contributed by atoms with Gasteiger partial charge in [0.25, 0.3) is 0 Å². The molecule has 5 aliphatic rings. The molecule has 23 heteroatoms. The number of piperidine rings is 1. The fourth-order valence-electron chi connectivity index (χ4n) is 12.6. The molecule has 0 spiro atoms. The summed E-state index contributed by atoms with van der Waals surface area (Å²) in [4.78, 5) is 75.6. The summed E-state index contributed by atoms with van der Waals surface area (Å²) in [7, 11) is 5.24. The third kappa shape index (κ3) is 10.9. The first kappa shape index (κ1) is 56.0. The summed E-state index contributed by atoms with van der Waals surface area (Å²) in [5.41, 5.74) is 1.68. The zero-order chi connectivity index (χ0) is 56.7. The molecule has 2 unspecified atom stereocenters. The second kappa shape index (κ2) is 23.4. The van der Waals surface area contributed by atoms with Crippen LogP contribution < -0.4 is 31.1 Å². The van der Waals surface area contributed by atoms with Crippen molar-refractivity contribution < 1.29 is 60.1 Å². The summed E-state index contributed by atoms with van der Waals surface area (Å²) >= 11 is 0. The number of methoxy groups -OCH3 is 4. The molecule has 1 aliphatic carbocycles. The van der Waals surface area contributed by atoms with Crippen molar-refractivity contribution in [2.75, 3.05) is 64.4 Å². The summed E-state index contributed by atoms with van der Waals surface area (Å²) in [5, 5.41) is 5.95. The highest BCUT2D eigenvalue weighted by Gasteiger charge is 2.45. The first-order valence-electron chi connectivity index (χ1n) is 27.3. The molecular weight excluding hydrogens is 1050 g/mol. The van der Waals surface area contributed by atoms with Gasteiger partial charge in [-0.15, -0.1) is 0 Å². The van der Waals surface area contributed by atoms with Crippen molar-refractivity contribution >= 4 is 58.6 Å². The molecule has 0 bridgehead atoms. The number of anilines is 2. The van der Waals surface area contributed by atoms with Crippen molar-refractivity contribution in [3.8, 4) is 0 Å². The number of nitrogens with zero attached hydrogens (tertiary/aromatic N) is 6. The molecule has 18 nitrogen and oxygen atoms in total. The Bertz CT molecular complexity index is 3220. The van der Waals surface area contributed by atoms with Gasteiger partial charge in [0, 0.05) is 63.6 Å². The maximum Gasteiger partial charge on any atom is 0.407 e. The minimum absolute atomic E-state index is 0.0727. The standard InChI is InChI=1S/C57H67F5N10O8/c1-29(77-3)49(67-56(75)79-5)54(73)70-19-7-9-47(70)52-63-41-25-35(37(59)27-43(41)65-52)45-15-16-46(72(45)34-23-39(61)51(40(62)24-34)69-21-17-32(18-22-69)31-11-13-33(58)14-12-31)36-26-42-44(28-38(36)60)66-53(64-42)48-10-8-20-71(48)55(74)50(30(2)78-4)68-57(76)80-6/h11-14,23-30,32,35,37,45-50H,7-10,15-22H2,1-6H3,(H,63,65)(H,64,66)(H,67,75)(H,68,76)/t29-,30-,35?,37?,45-,46-,47+,48+,49+,50+/m1/s1. The van der Waals surface area contributed by atoms with Gasteiger partial charge in [-0.1, -0.05) is 12.1 Å². The van der Waals surface area contributed by atoms with Crippen molar-refractivity contribution in [2.24, 2.45) is 5.92 Å². The van der Waals surface area contributed by atoms with Gasteiger partial charge in [-0.05, 0) is 125 Å². The Balaban J connectivity index is 0.982. The van der Waals surface area contributed by atoms with Gasteiger partial charge in [0.05, 0.1) is 66.3 Å². The molecule has 5 aromatic rings. The third-order valence-electron chi connectivity index (χ3n) is 17.0. The van der Waals surface area contributed by atoms with Crippen LogP contribution in [0.4, 0.5) is 42.9 Å². The Morgan fingerprint density at radius 2 is 1.24 bits per heavy atom. The number of ether oxygens (including phenoxy) is 4. The van der Waals surface area contributed by atoms with Crippen LogP contribution in [0, 0.1) is 29.2 Å². The molecule has 80 heavy (non-hydrogen) atoms. The summed E-state index contributed by atoms with van der Waals surface area (Å²) in [6, 6.07) is 6.68. The molecule has 0 saturated carbocycles. The number of carbonyl (C=O) groups excluding carboxylic acids is 4. The van der Waals surface area contributed by atoms with Crippen LogP contribution in [0.3, 0.4) is 0 Å². The highest BCUT2D eigenvalue weighted by Crippen LogP contribution is 2.47. The quantitative estimate of drug-likeness (QED) is 0.0784. The van der Waals surface area contributed by atoms with E-state index in [9.17, 15) is 23.6 Å². The highest BCUT2D eigenvalue weighted by atomic mass is 19.1. The summed E-state index contributed by atoms with van der Waals surface area (Å²) in [5.74, 6) is -3.58. The number of rotatable bonds is 15. The van der Waals surface area contributed by atoms with Crippen molar-refractivity contribution in [1.82, 2.24) is 40.4 Å². The minimum Gasteiger partial charge on any atom is -0.453 e. The lowest BCUT2D eigenvalue weighted by Crippen LogP contribution is -2.54. The van der Waals surface area contributed by atoms with E-state index in [4.69, 9.17) is 28.9 Å². The maximum atomic E-state index is 17.1. The van der Waals surface area contributed by atoms with Crippen molar-refractivity contribution in [2.45, 2.75) is 126 Å². The Labute approximate surface area is 459 Å². The SMILES string of the molecule is COC(=O)N[C@H](C(=O)N1CCC[C@H]1c1nc2c([nH]1)=CC(F)C([C@H]1CC[C@H](c3cc4nc([C@@H]5CCCN5C(=O)[C@@H](NC(=O)OC)[C@@H](C)OC)[nH]c4cc3F)N1c1cc(F)c(N3CCC(c4ccc(F)cc4)CC3)c(F)c1)C=2)[C@@H](C)OC. The van der Waals surface area contributed by atoms with Crippen molar-refractivity contribution in [3.63, 3.8) is 0 Å². The Morgan fingerprint density at radius 1 is 0.662 bits per heavy atom. The predicted octanol–water partition coefficient (Wildman–Crippen LogP) is 7.01. The van der Waals surface area contributed by atoms with Gasteiger partial charge in [0.2, 0.25) is 11.8 Å². The van der Waals surface area contributed by atoms with Crippen molar-refractivity contribution in [1.29, 1.82) is 0 Å². The van der Waals surface area contributed by atoms with Crippen LogP contribution >= 0.6 is 0 Å². The summed E-state index contributed by atoms with van der Waals surface area (Å²) in [6.45, 7) is 4.68. The number of alkyl carbamates (subject to hydrolysis) is 2. The highest BCUT2D eigenvalue weighted by molar-refractivity contribution is 5.88. The van der Waals surface area contributed by atoms with Gasteiger partial charge in [-0.25, -0.2) is 41.5 Å². The molecule has 4 N–H and O–H groups in total. The van der Waals surface area contributed by atoms with Crippen LogP contribution in [0.15, 0.2) is 48.5 Å². The zero-order valence-corrected chi connectivity index (χ0v) is 45.4. The van der Waals surface area contributed by atoms with E-state index in [1.165, 1.54) is 64.8 Å². The maximum absolute atomic E-state index is 17.1. The molecule has 10 rings (SSSR count). The number of aromatic nitrogens is 4. The van der Waals surface area contributed by atoms with E-state index >= 15 is 17.6 Å². The fraction of sp³-hybridized carbons (Fsp3) is 0.509. The van der Waals surface area contributed by atoms with E-state index in [1.807, 2.05) is 0 Å². The molecule has 0 radical (unpaired) electrons. The largest absolute Gasteiger partial charge is 0.453 e. The molecule has 4 saturated heterocycles. The molecule has 3 aromatic carbocycles. The Kier molecular flexibility index (Phi) is 16.4. The van der Waals surface area contributed by atoms with Crippen LogP contribution in [0.2, 0.25) is 0 Å². The number of alkyl halides is 1.